The van der Waals surface area contributed by atoms with Gasteiger partial charge >= 0.3 is 5.69 Å². The van der Waals surface area contributed by atoms with E-state index in [1.165, 1.54) is 16.8 Å². The van der Waals surface area contributed by atoms with Crippen molar-refractivity contribution in [1.82, 2.24) is 34.7 Å². The summed E-state index contributed by atoms with van der Waals surface area (Å²) in [6.07, 6.45) is 1.44. The fraction of sp³-hybridized carbons (Fsp3) is 0.176. The molecule has 1 amide bonds. The first kappa shape index (κ1) is 17.8. The third-order valence-corrected chi connectivity index (χ3v) is 4.75. The Bertz CT molecular complexity index is 1240. The molecule has 0 unspecified atom stereocenters. The molecule has 28 heavy (non-hydrogen) atoms. The lowest BCUT2D eigenvalue weighted by Crippen LogP contribution is -2.31. The number of rotatable bonds is 6. The van der Waals surface area contributed by atoms with Crippen molar-refractivity contribution in [2.24, 2.45) is 0 Å². The van der Waals surface area contributed by atoms with Crippen LogP contribution in [0.2, 0.25) is 0 Å². The SMILES string of the molecule is O=C(CCn1ccc(=O)[nH]c1=O)NCc1nnc2ccc(-c3ccsc3)nn12. The first-order valence-electron chi connectivity index (χ1n) is 8.40. The molecular weight excluding hydrogens is 382 g/mol. The highest BCUT2D eigenvalue weighted by Crippen LogP contribution is 2.20. The second-order valence-electron chi connectivity index (χ2n) is 5.95. The molecule has 0 bridgehead atoms. The minimum atomic E-state index is -0.547. The van der Waals surface area contributed by atoms with Crippen molar-refractivity contribution in [2.45, 2.75) is 19.5 Å². The first-order valence-corrected chi connectivity index (χ1v) is 9.35. The molecule has 4 aromatic heterocycles. The number of hydrogen-bond donors (Lipinski definition) is 2. The van der Waals surface area contributed by atoms with Gasteiger partial charge in [-0.15, -0.1) is 10.2 Å². The van der Waals surface area contributed by atoms with Crippen molar-refractivity contribution in [2.75, 3.05) is 0 Å². The Morgan fingerprint density at radius 2 is 2.07 bits per heavy atom. The summed E-state index contributed by atoms with van der Waals surface area (Å²) in [5, 5.41) is 19.4. The molecule has 10 nitrogen and oxygen atoms in total. The van der Waals surface area contributed by atoms with E-state index in [-0.39, 0.29) is 25.4 Å². The van der Waals surface area contributed by atoms with Crippen LogP contribution in [0.3, 0.4) is 0 Å². The number of amides is 1. The quantitative estimate of drug-likeness (QED) is 0.485. The molecule has 4 rings (SSSR count). The van der Waals surface area contributed by atoms with Gasteiger partial charge in [-0.2, -0.15) is 21.0 Å². The number of H-pyrrole nitrogens is 1. The van der Waals surface area contributed by atoms with Gasteiger partial charge < -0.3 is 9.88 Å². The van der Waals surface area contributed by atoms with Crippen LogP contribution in [0.15, 0.2) is 50.8 Å². The van der Waals surface area contributed by atoms with Gasteiger partial charge in [-0.3, -0.25) is 14.6 Å². The van der Waals surface area contributed by atoms with Gasteiger partial charge in [0.2, 0.25) is 5.91 Å². The van der Waals surface area contributed by atoms with Crippen LogP contribution in [0.5, 0.6) is 0 Å². The first-order chi connectivity index (χ1) is 13.6. The van der Waals surface area contributed by atoms with Crippen molar-refractivity contribution >= 4 is 22.9 Å². The Morgan fingerprint density at radius 1 is 1.18 bits per heavy atom. The van der Waals surface area contributed by atoms with E-state index < -0.39 is 11.2 Å². The second kappa shape index (κ2) is 7.56. The van der Waals surface area contributed by atoms with Gasteiger partial charge in [0.05, 0.1) is 12.2 Å². The summed E-state index contributed by atoms with van der Waals surface area (Å²) in [7, 11) is 0. The standard InChI is InChI=1S/C17H15N7O3S/c25-15(3-6-23-7-4-16(26)19-17(23)27)18-9-14-21-20-13-2-1-12(22-24(13)14)11-5-8-28-10-11/h1-2,4-5,7-8,10H,3,6,9H2,(H,18,25)(H,19,26,27). The number of aryl methyl sites for hydroxylation is 1. The number of aromatic nitrogens is 6. The second-order valence-corrected chi connectivity index (χ2v) is 6.73. The lowest BCUT2D eigenvalue weighted by atomic mass is 10.2. The highest BCUT2D eigenvalue weighted by atomic mass is 32.1. The van der Waals surface area contributed by atoms with E-state index in [4.69, 9.17) is 0 Å². The number of nitrogens with one attached hydrogen (secondary N) is 2. The van der Waals surface area contributed by atoms with Crippen molar-refractivity contribution in [3.63, 3.8) is 0 Å². The van der Waals surface area contributed by atoms with Gasteiger partial charge in [-0.1, -0.05) is 0 Å². The Morgan fingerprint density at radius 3 is 2.86 bits per heavy atom. The van der Waals surface area contributed by atoms with Crippen LogP contribution in [0, 0.1) is 0 Å². The predicted octanol–water partition coefficient (Wildman–Crippen LogP) is 0.409. The van der Waals surface area contributed by atoms with Crippen LogP contribution < -0.4 is 16.6 Å². The van der Waals surface area contributed by atoms with Crippen molar-refractivity contribution < 1.29 is 4.79 Å². The Labute approximate surface area is 161 Å². The fourth-order valence-corrected chi connectivity index (χ4v) is 3.27. The average Bonchev–Trinajstić information content (AvgIpc) is 3.35. The maximum Gasteiger partial charge on any atom is 0.328 e. The Hall–Kier alpha value is -3.60. The smallest absolute Gasteiger partial charge is 0.328 e. The Balaban J connectivity index is 1.42. The molecule has 0 saturated carbocycles. The highest BCUT2D eigenvalue weighted by Gasteiger charge is 2.11. The van der Waals surface area contributed by atoms with E-state index in [1.54, 1.807) is 15.9 Å². The molecule has 4 aromatic rings. The van der Waals surface area contributed by atoms with Crippen LogP contribution in [-0.4, -0.2) is 35.3 Å². The molecule has 0 aliphatic carbocycles. The minimum absolute atomic E-state index is 0.0796. The molecule has 0 spiro atoms. The summed E-state index contributed by atoms with van der Waals surface area (Å²) < 4.78 is 2.86. The van der Waals surface area contributed by atoms with Crippen LogP contribution >= 0.6 is 11.3 Å². The predicted molar refractivity (Wildman–Crippen MR) is 102 cm³/mol. The molecule has 11 heteroatoms. The number of carbonyl (C=O) groups excluding carboxylic acids is 1. The van der Waals surface area contributed by atoms with E-state index in [9.17, 15) is 14.4 Å². The number of carbonyl (C=O) groups is 1. The van der Waals surface area contributed by atoms with E-state index in [0.717, 1.165) is 11.3 Å². The van der Waals surface area contributed by atoms with E-state index >= 15 is 0 Å². The average molecular weight is 397 g/mol. The molecule has 4 heterocycles. The lowest BCUT2D eigenvalue weighted by molar-refractivity contribution is -0.121. The minimum Gasteiger partial charge on any atom is -0.349 e. The van der Waals surface area contributed by atoms with Crippen molar-refractivity contribution in [1.29, 1.82) is 0 Å². The summed E-state index contributed by atoms with van der Waals surface area (Å²) in [6.45, 7) is 0.309. The molecular formula is C17H15N7O3S. The van der Waals surface area contributed by atoms with E-state index in [2.05, 4.69) is 25.6 Å². The van der Waals surface area contributed by atoms with Gasteiger partial charge in [0.25, 0.3) is 5.56 Å². The fourth-order valence-electron chi connectivity index (χ4n) is 2.62. The summed E-state index contributed by atoms with van der Waals surface area (Å²) >= 11 is 1.58. The third kappa shape index (κ3) is 3.74. The number of thiophene rings is 1. The zero-order chi connectivity index (χ0) is 19.5. The molecule has 0 fully saturated rings. The summed E-state index contributed by atoms with van der Waals surface area (Å²) in [6, 6.07) is 6.90. The number of fused-ring (bicyclic) bond motifs is 1. The van der Waals surface area contributed by atoms with Crippen molar-refractivity contribution in [3.8, 4) is 11.3 Å². The lowest BCUT2D eigenvalue weighted by Gasteiger charge is -2.06. The summed E-state index contributed by atoms with van der Waals surface area (Å²) in [5.74, 6) is 0.241. The number of hydrogen-bond acceptors (Lipinski definition) is 7. The molecule has 2 N–H and O–H groups in total. The largest absolute Gasteiger partial charge is 0.349 e. The maximum atomic E-state index is 12.1. The molecule has 0 radical (unpaired) electrons. The van der Waals surface area contributed by atoms with Gasteiger partial charge in [0.15, 0.2) is 11.5 Å². The molecule has 0 saturated heterocycles. The van der Waals surface area contributed by atoms with Gasteiger partial charge in [-0.25, -0.2) is 4.79 Å². The zero-order valence-electron chi connectivity index (χ0n) is 14.5. The number of nitrogens with zero attached hydrogens (tertiary/aromatic N) is 5. The number of aromatic amines is 1. The van der Waals surface area contributed by atoms with Gasteiger partial charge in [-0.05, 0) is 23.6 Å². The zero-order valence-corrected chi connectivity index (χ0v) is 15.3. The van der Waals surface area contributed by atoms with Crippen LogP contribution in [0.4, 0.5) is 0 Å². The van der Waals surface area contributed by atoms with Crippen LogP contribution in [0.1, 0.15) is 12.2 Å². The Kier molecular flexibility index (Phi) is 4.81. The van der Waals surface area contributed by atoms with E-state index in [1.807, 2.05) is 29.0 Å². The normalized spacial score (nSPS) is 11.0. The van der Waals surface area contributed by atoms with Crippen molar-refractivity contribution in [3.05, 3.63) is 67.9 Å². The molecule has 142 valence electrons. The third-order valence-electron chi connectivity index (χ3n) is 4.06. The summed E-state index contributed by atoms with van der Waals surface area (Å²) in [5.41, 5.74) is 1.36. The molecule has 0 aliphatic heterocycles. The van der Waals surface area contributed by atoms with Gasteiger partial charge in [0, 0.05) is 36.2 Å². The molecule has 0 aromatic carbocycles. The molecule has 0 atom stereocenters. The van der Waals surface area contributed by atoms with Crippen LogP contribution in [-0.2, 0) is 17.9 Å². The molecule has 0 aliphatic rings. The van der Waals surface area contributed by atoms with E-state index in [0.29, 0.717) is 11.5 Å². The van der Waals surface area contributed by atoms with Crippen LogP contribution in [0.25, 0.3) is 16.9 Å². The highest BCUT2D eigenvalue weighted by molar-refractivity contribution is 7.08. The summed E-state index contributed by atoms with van der Waals surface area (Å²) in [4.78, 5) is 36.9. The monoisotopic (exact) mass is 397 g/mol. The topological polar surface area (TPSA) is 127 Å². The maximum absolute atomic E-state index is 12.1. The van der Waals surface area contributed by atoms with Gasteiger partial charge in [0.1, 0.15) is 0 Å².